The van der Waals surface area contributed by atoms with Gasteiger partial charge in [-0.1, -0.05) is 18.2 Å². The first-order valence-corrected chi connectivity index (χ1v) is 10.1. The van der Waals surface area contributed by atoms with Crippen molar-refractivity contribution in [3.63, 3.8) is 0 Å². The molecule has 0 aliphatic heterocycles. The van der Waals surface area contributed by atoms with E-state index in [2.05, 4.69) is 15.4 Å². The summed E-state index contributed by atoms with van der Waals surface area (Å²) in [4.78, 5) is 16.8. The highest BCUT2D eigenvalue weighted by Gasteiger charge is 2.32. The molecule has 0 radical (unpaired) electrons. The van der Waals surface area contributed by atoms with Crippen LogP contribution in [0.15, 0.2) is 59.5 Å². The summed E-state index contributed by atoms with van der Waals surface area (Å²) in [6.07, 6.45) is -0.0967. The number of alkyl halides is 3. The lowest BCUT2D eigenvalue weighted by Crippen LogP contribution is -2.16. The van der Waals surface area contributed by atoms with E-state index in [0.29, 0.717) is 16.9 Å². The molecule has 0 spiro atoms. The summed E-state index contributed by atoms with van der Waals surface area (Å²) in [5, 5.41) is 7.29. The number of benzene rings is 2. The molecule has 0 unspecified atom stereocenters. The number of furan rings is 1. The van der Waals surface area contributed by atoms with Gasteiger partial charge in [0.05, 0.1) is 16.9 Å². The third kappa shape index (κ3) is 3.78. The number of aromatic nitrogens is 3. The molecule has 30 heavy (non-hydrogen) atoms. The lowest BCUT2D eigenvalue weighted by Gasteiger charge is -2.14. The molecule has 0 aliphatic carbocycles. The van der Waals surface area contributed by atoms with Crippen LogP contribution in [0.1, 0.15) is 21.7 Å². The summed E-state index contributed by atoms with van der Waals surface area (Å²) in [7, 11) is 0. The van der Waals surface area contributed by atoms with Crippen LogP contribution >= 0.6 is 11.8 Å². The number of thioether (sulfide) groups is 1. The van der Waals surface area contributed by atoms with Crippen LogP contribution in [0, 0.1) is 0 Å². The molecule has 0 aliphatic rings. The van der Waals surface area contributed by atoms with Crippen LogP contribution in [0.2, 0.25) is 0 Å². The Morgan fingerprint density at radius 2 is 2.03 bits per heavy atom. The Bertz CT molecular complexity index is 1200. The van der Waals surface area contributed by atoms with Crippen molar-refractivity contribution in [3.8, 4) is 5.69 Å². The number of anilines is 1. The Morgan fingerprint density at radius 3 is 2.73 bits per heavy atom. The molecule has 2 aromatic heterocycles. The van der Waals surface area contributed by atoms with Gasteiger partial charge in [-0.25, -0.2) is 9.67 Å². The van der Waals surface area contributed by atoms with Gasteiger partial charge in [0.25, 0.3) is 5.91 Å². The molecule has 0 atom stereocenters. The SMILES string of the molecule is CSCc1c(C(=O)Nc2cc(C(F)(F)F)ccc2-n2cncn2)oc2ccccc12. The van der Waals surface area contributed by atoms with Gasteiger partial charge in [0.2, 0.25) is 0 Å². The fourth-order valence-electron chi connectivity index (χ4n) is 3.09. The lowest BCUT2D eigenvalue weighted by atomic mass is 10.1. The number of carbonyl (C=O) groups is 1. The first-order valence-electron chi connectivity index (χ1n) is 8.75. The van der Waals surface area contributed by atoms with E-state index in [1.54, 1.807) is 12.1 Å². The molecule has 0 saturated carbocycles. The number of para-hydroxylation sites is 1. The van der Waals surface area contributed by atoms with Crippen molar-refractivity contribution in [3.05, 3.63) is 72.0 Å². The summed E-state index contributed by atoms with van der Waals surface area (Å²) in [5.74, 6) is -0.0680. The van der Waals surface area contributed by atoms with E-state index in [1.165, 1.54) is 35.2 Å². The standard InChI is InChI=1S/C20H15F3N4O2S/c1-30-9-14-13-4-2-3-5-17(13)29-18(14)19(28)26-15-8-12(20(21,22)23)6-7-16(15)27-11-24-10-25-27/h2-8,10-11H,9H2,1H3,(H,26,28). The maximum absolute atomic E-state index is 13.2. The van der Waals surface area contributed by atoms with Crippen LogP contribution in [-0.4, -0.2) is 26.9 Å². The number of amides is 1. The number of nitrogens with one attached hydrogen (secondary N) is 1. The fraction of sp³-hybridized carbons (Fsp3) is 0.150. The molecule has 1 amide bonds. The Kier molecular flexibility index (Phi) is 5.25. The van der Waals surface area contributed by atoms with E-state index in [0.717, 1.165) is 17.5 Å². The second-order valence-electron chi connectivity index (χ2n) is 6.36. The average Bonchev–Trinajstić information content (AvgIpc) is 3.36. The molecule has 154 valence electrons. The highest BCUT2D eigenvalue weighted by atomic mass is 32.2. The van der Waals surface area contributed by atoms with Gasteiger partial charge in [0.1, 0.15) is 18.2 Å². The summed E-state index contributed by atoms with van der Waals surface area (Å²) < 4.78 is 46.7. The molecular formula is C20H15F3N4O2S. The van der Waals surface area contributed by atoms with E-state index in [4.69, 9.17) is 4.42 Å². The van der Waals surface area contributed by atoms with Gasteiger partial charge in [0.15, 0.2) is 5.76 Å². The first-order chi connectivity index (χ1) is 14.4. The normalized spacial score (nSPS) is 11.7. The van der Waals surface area contributed by atoms with Crippen molar-refractivity contribution in [1.29, 1.82) is 0 Å². The molecule has 0 fully saturated rings. The second-order valence-corrected chi connectivity index (χ2v) is 7.23. The molecule has 6 nitrogen and oxygen atoms in total. The molecule has 0 saturated heterocycles. The number of nitrogens with zero attached hydrogens (tertiary/aromatic N) is 3. The maximum Gasteiger partial charge on any atom is 0.416 e. The highest BCUT2D eigenvalue weighted by Crippen LogP contribution is 2.34. The van der Waals surface area contributed by atoms with Gasteiger partial charge in [-0.2, -0.15) is 30.0 Å². The van der Waals surface area contributed by atoms with Gasteiger partial charge in [0, 0.05) is 16.7 Å². The largest absolute Gasteiger partial charge is 0.451 e. The van der Waals surface area contributed by atoms with Crippen LogP contribution < -0.4 is 5.32 Å². The Hall–Kier alpha value is -3.27. The summed E-state index contributed by atoms with van der Waals surface area (Å²) in [6.45, 7) is 0. The van der Waals surface area contributed by atoms with Crippen LogP contribution in [0.5, 0.6) is 0 Å². The van der Waals surface area contributed by atoms with E-state index in [-0.39, 0.29) is 17.1 Å². The van der Waals surface area contributed by atoms with Crippen LogP contribution in [-0.2, 0) is 11.9 Å². The van der Waals surface area contributed by atoms with Crippen LogP contribution in [0.3, 0.4) is 0 Å². The number of carbonyl (C=O) groups excluding carboxylic acids is 1. The van der Waals surface area contributed by atoms with Crippen molar-refractivity contribution >= 4 is 34.3 Å². The summed E-state index contributed by atoms with van der Waals surface area (Å²) in [6, 6.07) is 10.2. The Labute approximate surface area is 173 Å². The molecule has 0 bridgehead atoms. The minimum Gasteiger partial charge on any atom is -0.451 e. The van der Waals surface area contributed by atoms with E-state index in [1.807, 2.05) is 18.4 Å². The number of fused-ring (bicyclic) bond motifs is 1. The van der Waals surface area contributed by atoms with Gasteiger partial charge >= 0.3 is 6.18 Å². The number of halogens is 3. The smallest absolute Gasteiger partial charge is 0.416 e. The quantitative estimate of drug-likeness (QED) is 0.472. The zero-order chi connectivity index (χ0) is 21.3. The van der Waals surface area contributed by atoms with Crippen molar-refractivity contribution < 1.29 is 22.4 Å². The average molecular weight is 432 g/mol. The second kappa shape index (κ2) is 7.86. The molecule has 2 heterocycles. The number of hydrogen-bond acceptors (Lipinski definition) is 5. The molecule has 10 heteroatoms. The molecule has 1 N–H and O–H groups in total. The maximum atomic E-state index is 13.2. The van der Waals surface area contributed by atoms with Crippen molar-refractivity contribution in [2.75, 3.05) is 11.6 Å². The van der Waals surface area contributed by atoms with E-state index >= 15 is 0 Å². The summed E-state index contributed by atoms with van der Waals surface area (Å²) >= 11 is 1.51. The molecular weight excluding hydrogens is 417 g/mol. The zero-order valence-electron chi connectivity index (χ0n) is 15.6. The molecule has 4 aromatic rings. The zero-order valence-corrected chi connectivity index (χ0v) is 16.4. The van der Waals surface area contributed by atoms with Gasteiger partial charge in [-0.15, -0.1) is 0 Å². The topological polar surface area (TPSA) is 73.0 Å². The van der Waals surface area contributed by atoms with Crippen LogP contribution in [0.4, 0.5) is 18.9 Å². The minimum atomic E-state index is -4.57. The van der Waals surface area contributed by atoms with Crippen LogP contribution in [0.25, 0.3) is 16.7 Å². The number of rotatable bonds is 5. The van der Waals surface area contributed by atoms with E-state index in [9.17, 15) is 18.0 Å². The van der Waals surface area contributed by atoms with E-state index < -0.39 is 17.6 Å². The lowest BCUT2D eigenvalue weighted by molar-refractivity contribution is -0.137. The third-order valence-electron chi connectivity index (χ3n) is 4.43. The van der Waals surface area contributed by atoms with Crippen molar-refractivity contribution in [1.82, 2.24) is 14.8 Å². The van der Waals surface area contributed by atoms with Crippen molar-refractivity contribution in [2.24, 2.45) is 0 Å². The number of hydrogen-bond donors (Lipinski definition) is 1. The van der Waals surface area contributed by atoms with Gasteiger partial charge in [-0.05, 0) is 30.5 Å². The predicted molar refractivity (Wildman–Crippen MR) is 108 cm³/mol. The first kappa shape index (κ1) is 20.0. The predicted octanol–water partition coefficient (Wildman–Crippen LogP) is 5.15. The Morgan fingerprint density at radius 1 is 1.23 bits per heavy atom. The summed E-state index contributed by atoms with van der Waals surface area (Å²) in [5.41, 5.74) is 0.514. The van der Waals surface area contributed by atoms with Gasteiger partial charge < -0.3 is 9.73 Å². The third-order valence-corrected chi connectivity index (χ3v) is 5.01. The van der Waals surface area contributed by atoms with Gasteiger partial charge in [-0.3, -0.25) is 4.79 Å². The van der Waals surface area contributed by atoms with Crippen molar-refractivity contribution in [2.45, 2.75) is 11.9 Å². The monoisotopic (exact) mass is 432 g/mol. The molecule has 2 aromatic carbocycles. The Balaban J connectivity index is 1.78. The fourth-order valence-corrected chi connectivity index (χ4v) is 3.67. The highest BCUT2D eigenvalue weighted by molar-refractivity contribution is 7.97. The molecule has 4 rings (SSSR count). The minimum absolute atomic E-state index is 0.0594.